The minimum absolute atomic E-state index is 1.10. The highest BCUT2D eigenvalue weighted by Gasteiger charge is 2.07. The molecule has 0 amide bonds. The summed E-state index contributed by atoms with van der Waals surface area (Å²) >= 11 is 0. The molecule has 51 valence electrons. The Labute approximate surface area is 59.7 Å². The topological polar surface area (TPSA) is 0 Å². The maximum atomic E-state index is 3.27. The Morgan fingerprint density at radius 3 is 1.67 bits per heavy atom. The smallest absolute Gasteiger partial charge is 0.129 e. The van der Waals surface area contributed by atoms with Gasteiger partial charge in [-0.1, -0.05) is 19.6 Å². The van der Waals surface area contributed by atoms with E-state index in [1.54, 1.807) is 0 Å². The van der Waals surface area contributed by atoms with E-state index >= 15 is 0 Å². The van der Waals surface area contributed by atoms with Gasteiger partial charge in [-0.3, -0.25) is 0 Å². The minimum atomic E-state index is -1.10. The van der Waals surface area contributed by atoms with Crippen molar-refractivity contribution in [1.82, 2.24) is 0 Å². The molecule has 0 nitrogen and oxygen atoms in total. The van der Waals surface area contributed by atoms with Crippen molar-refractivity contribution in [3.8, 4) is 11.5 Å². The Hall–Kier alpha value is -0.223. The molecule has 0 rings (SSSR count). The molecule has 0 aliphatic heterocycles. The minimum Gasteiger partial charge on any atom is -0.131 e. The molecule has 0 aromatic carbocycles. The second-order valence-electron chi connectivity index (χ2n) is 3.50. The predicted octanol–water partition coefficient (Wildman–Crippen LogP) is 2.48. The van der Waals surface area contributed by atoms with Crippen molar-refractivity contribution in [2.45, 2.75) is 33.5 Å². The summed E-state index contributed by atoms with van der Waals surface area (Å²) in [5.74, 6) is 4.33. The molecular weight excluding hydrogens is 124 g/mol. The Bertz CT molecular complexity index is 129. The van der Waals surface area contributed by atoms with Crippen LogP contribution in [0.2, 0.25) is 19.6 Å². The van der Waals surface area contributed by atoms with Gasteiger partial charge in [0.15, 0.2) is 0 Å². The highest BCUT2D eigenvalue weighted by molar-refractivity contribution is 6.83. The van der Waals surface area contributed by atoms with Gasteiger partial charge in [-0.15, -0.1) is 11.5 Å². The summed E-state index contributed by atoms with van der Waals surface area (Å²) in [6, 6.07) is 0. The van der Waals surface area contributed by atoms with Crippen LogP contribution >= 0.6 is 0 Å². The summed E-state index contributed by atoms with van der Waals surface area (Å²) in [6.45, 7) is 10.9. The lowest BCUT2D eigenvalue weighted by atomic mass is 10.2. The van der Waals surface area contributed by atoms with Crippen LogP contribution in [-0.2, 0) is 0 Å². The molecule has 9 heavy (non-hydrogen) atoms. The first-order valence-electron chi connectivity index (χ1n) is 3.25. The third-order valence-electron chi connectivity index (χ3n) is 0.688. The summed E-state index contributed by atoms with van der Waals surface area (Å²) in [4.78, 5) is 0. The zero-order valence-corrected chi connectivity index (χ0v) is 8.00. The number of hydrogen-bond donors (Lipinski definition) is 0. The van der Waals surface area contributed by atoms with Gasteiger partial charge in [0.2, 0.25) is 0 Å². The van der Waals surface area contributed by atoms with E-state index < -0.39 is 8.07 Å². The zero-order valence-electron chi connectivity index (χ0n) is 7.00. The first-order valence-corrected chi connectivity index (χ1v) is 6.75. The van der Waals surface area contributed by atoms with Crippen molar-refractivity contribution in [2.75, 3.05) is 0 Å². The van der Waals surface area contributed by atoms with Crippen LogP contribution in [0.1, 0.15) is 13.8 Å². The van der Waals surface area contributed by atoms with E-state index in [0.29, 0.717) is 0 Å². The molecule has 0 fully saturated rings. The van der Waals surface area contributed by atoms with Gasteiger partial charge in [0.25, 0.3) is 0 Å². The van der Waals surface area contributed by atoms with Gasteiger partial charge in [0.05, 0.1) is 0 Å². The molecular formula is C8H15Si. The van der Waals surface area contributed by atoms with E-state index in [4.69, 9.17) is 0 Å². The molecule has 0 unspecified atom stereocenters. The van der Waals surface area contributed by atoms with Crippen molar-refractivity contribution in [1.29, 1.82) is 0 Å². The Morgan fingerprint density at radius 2 is 1.56 bits per heavy atom. The summed E-state index contributed by atoms with van der Waals surface area (Å²) in [7, 11) is -1.10. The predicted molar refractivity (Wildman–Crippen MR) is 45.7 cm³/mol. The molecule has 1 heteroatoms. The first-order chi connectivity index (χ1) is 3.92. The monoisotopic (exact) mass is 139 g/mol. The molecule has 0 saturated carbocycles. The van der Waals surface area contributed by atoms with E-state index in [9.17, 15) is 0 Å². The van der Waals surface area contributed by atoms with E-state index in [1.165, 1.54) is 5.92 Å². The maximum absolute atomic E-state index is 3.27. The molecule has 0 N–H and O–H groups in total. The van der Waals surface area contributed by atoms with Crippen LogP contribution in [-0.4, -0.2) is 8.07 Å². The van der Waals surface area contributed by atoms with Crippen molar-refractivity contribution in [3.05, 3.63) is 5.92 Å². The molecule has 0 spiro atoms. The highest BCUT2D eigenvalue weighted by Crippen LogP contribution is 1.98. The lowest BCUT2D eigenvalue weighted by Crippen LogP contribution is -2.16. The van der Waals surface area contributed by atoms with Crippen molar-refractivity contribution < 1.29 is 0 Å². The second-order valence-corrected chi connectivity index (χ2v) is 8.25. The average Bonchev–Trinajstić information content (AvgIpc) is 1.59. The first kappa shape index (κ1) is 8.78. The van der Waals surface area contributed by atoms with E-state index in [1.807, 2.05) is 13.8 Å². The van der Waals surface area contributed by atoms with Gasteiger partial charge in [-0.05, 0) is 13.8 Å². The fraction of sp³-hybridized carbons (Fsp3) is 0.625. The molecule has 0 aromatic heterocycles. The van der Waals surface area contributed by atoms with Gasteiger partial charge in [0.1, 0.15) is 8.07 Å². The molecule has 0 saturated heterocycles. The molecule has 1 radical (unpaired) electrons. The third kappa shape index (κ3) is 7.78. The molecule has 0 aliphatic rings. The fourth-order valence-electron chi connectivity index (χ4n) is 0.312. The van der Waals surface area contributed by atoms with Crippen molar-refractivity contribution in [2.24, 2.45) is 0 Å². The summed E-state index contributed by atoms with van der Waals surface area (Å²) < 4.78 is 0. The van der Waals surface area contributed by atoms with Gasteiger partial charge in [0, 0.05) is 5.92 Å². The SMILES string of the molecule is C[C](C)C#C[Si](C)(C)C. The number of rotatable bonds is 0. The lowest BCUT2D eigenvalue weighted by Gasteiger charge is -2.03. The second kappa shape index (κ2) is 3.08. The highest BCUT2D eigenvalue weighted by atomic mass is 28.3. The summed E-state index contributed by atoms with van der Waals surface area (Å²) in [5, 5.41) is 0. The van der Waals surface area contributed by atoms with Crippen LogP contribution in [0.3, 0.4) is 0 Å². The van der Waals surface area contributed by atoms with Gasteiger partial charge >= 0.3 is 0 Å². The molecule has 0 heterocycles. The molecule has 0 bridgehead atoms. The van der Waals surface area contributed by atoms with Gasteiger partial charge < -0.3 is 0 Å². The summed E-state index contributed by atoms with van der Waals surface area (Å²) in [6.07, 6.45) is 0. The van der Waals surface area contributed by atoms with E-state index in [-0.39, 0.29) is 0 Å². The Kier molecular flexibility index (Phi) is 3.00. The largest absolute Gasteiger partial charge is 0.131 e. The van der Waals surface area contributed by atoms with Gasteiger partial charge in [-0.2, -0.15) is 0 Å². The van der Waals surface area contributed by atoms with Crippen molar-refractivity contribution >= 4 is 8.07 Å². The van der Waals surface area contributed by atoms with Crippen LogP contribution in [0, 0.1) is 17.4 Å². The molecule has 0 aliphatic carbocycles. The summed E-state index contributed by atoms with van der Waals surface area (Å²) in [5.41, 5.74) is 3.27. The standard InChI is InChI=1S/C8H15Si/c1-8(2)6-7-9(3,4)5/h1-5H3. The third-order valence-corrected chi connectivity index (χ3v) is 1.56. The van der Waals surface area contributed by atoms with Crippen LogP contribution < -0.4 is 0 Å². The van der Waals surface area contributed by atoms with E-state index in [2.05, 4.69) is 31.1 Å². The fourth-order valence-corrected chi connectivity index (χ4v) is 0.938. The number of hydrogen-bond acceptors (Lipinski definition) is 0. The van der Waals surface area contributed by atoms with Gasteiger partial charge in [-0.25, -0.2) is 0 Å². The van der Waals surface area contributed by atoms with Crippen LogP contribution in [0.5, 0.6) is 0 Å². The lowest BCUT2D eigenvalue weighted by molar-refractivity contribution is 1.25. The van der Waals surface area contributed by atoms with Crippen LogP contribution in [0.15, 0.2) is 0 Å². The Morgan fingerprint density at radius 1 is 1.11 bits per heavy atom. The quantitative estimate of drug-likeness (QED) is 0.357. The zero-order chi connectivity index (χ0) is 7.49. The average molecular weight is 139 g/mol. The molecule has 0 aromatic rings. The Balaban J connectivity index is 3.88. The normalized spacial score (nSPS) is 10.9. The van der Waals surface area contributed by atoms with Crippen molar-refractivity contribution in [3.63, 3.8) is 0 Å². The van der Waals surface area contributed by atoms with Crippen LogP contribution in [0.4, 0.5) is 0 Å². The van der Waals surface area contributed by atoms with Crippen LogP contribution in [0.25, 0.3) is 0 Å². The maximum Gasteiger partial charge on any atom is 0.129 e. The molecule has 0 atom stereocenters. The van der Waals surface area contributed by atoms with E-state index in [0.717, 1.165) is 0 Å².